The van der Waals surface area contributed by atoms with Crippen molar-refractivity contribution >= 4 is 17.5 Å². The quantitative estimate of drug-likeness (QED) is 0.727. The van der Waals surface area contributed by atoms with Gasteiger partial charge in [-0.25, -0.2) is 4.39 Å². The van der Waals surface area contributed by atoms with E-state index < -0.39 is 5.82 Å². The molecule has 148 valence electrons. The predicted octanol–water partition coefficient (Wildman–Crippen LogP) is 4.68. The van der Waals surface area contributed by atoms with Gasteiger partial charge in [-0.1, -0.05) is 54.9 Å². The highest BCUT2D eigenvalue weighted by molar-refractivity contribution is 6.33. The van der Waals surface area contributed by atoms with E-state index in [-0.39, 0.29) is 16.5 Å². The number of hydrogen-bond acceptors (Lipinski definition) is 2. The lowest BCUT2D eigenvalue weighted by Crippen LogP contribution is -2.34. The van der Waals surface area contributed by atoms with E-state index in [1.165, 1.54) is 17.7 Å². The third kappa shape index (κ3) is 3.94. The Morgan fingerprint density at radius 2 is 1.75 bits per heavy atom. The minimum Gasteiger partial charge on any atom is -0.338 e. The van der Waals surface area contributed by atoms with Crippen LogP contribution < -0.4 is 0 Å². The summed E-state index contributed by atoms with van der Waals surface area (Å²) in [6.07, 6.45) is 1.14. The van der Waals surface area contributed by atoms with Crippen molar-refractivity contribution in [2.45, 2.75) is 19.3 Å². The largest absolute Gasteiger partial charge is 0.338 e. The van der Waals surface area contributed by atoms with Crippen molar-refractivity contribution in [2.24, 2.45) is 11.8 Å². The Bertz CT molecular complexity index is 810. The number of nitrogens with zero attached hydrogens (tertiary/aromatic N) is 2. The van der Waals surface area contributed by atoms with Gasteiger partial charge in [-0.2, -0.15) is 0 Å². The van der Waals surface area contributed by atoms with Crippen LogP contribution in [0.3, 0.4) is 0 Å². The molecule has 0 saturated carbocycles. The normalized spacial score (nSPS) is 23.0. The highest BCUT2D eigenvalue weighted by Crippen LogP contribution is 2.33. The van der Waals surface area contributed by atoms with E-state index >= 15 is 0 Å². The molecule has 0 spiro atoms. The van der Waals surface area contributed by atoms with Gasteiger partial charge < -0.3 is 9.80 Å². The molecule has 2 heterocycles. The zero-order valence-electron chi connectivity index (χ0n) is 16.2. The summed E-state index contributed by atoms with van der Waals surface area (Å²) in [7, 11) is 0. The van der Waals surface area contributed by atoms with E-state index in [1.54, 1.807) is 11.0 Å². The molecule has 2 saturated heterocycles. The Hall–Kier alpha value is -1.91. The summed E-state index contributed by atoms with van der Waals surface area (Å²) in [6.45, 7) is 6.78. The van der Waals surface area contributed by atoms with E-state index in [0.29, 0.717) is 30.8 Å². The van der Waals surface area contributed by atoms with Crippen LogP contribution in [0.2, 0.25) is 5.02 Å². The number of likely N-dealkylation sites (tertiary alicyclic amines) is 2. The fraction of sp³-hybridized carbons (Fsp3) is 0.435. The molecular formula is C23H26ClFN2O. The van der Waals surface area contributed by atoms with Crippen molar-refractivity contribution in [1.29, 1.82) is 0 Å². The molecular weight excluding hydrogens is 375 g/mol. The van der Waals surface area contributed by atoms with E-state index in [1.807, 2.05) is 0 Å². The average molecular weight is 401 g/mol. The van der Waals surface area contributed by atoms with E-state index in [4.69, 9.17) is 11.6 Å². The Morgan fingerprint density at radius 1 is 1.07 bits per heavy atom. The first-order valence-corrected chi connectivity index (χ1v) is 10.4. The molecule has 4 rings (SSSR count). The van der Waals surface area contributed by atoms with E-state index in [9.17, 15) is 9.18 Å². The average Bonchev–Trinajstić information content (AvgIpc) is 3.25. The molecule has 3 unspecified atom stereocenters. The van der Waals surface area contributed by atoms with Crippen LogP contribution in [-0.4, -0.2) is 48.4 Å². The van der Waals surface area contributed by atoms with Gasteiger partial charge in [0, 0.05) is 26.2 Å². The predicted molar refractivity (Wildman–Crippen MR) is 110 cm³/mol. The van der Waals surface area contributed by atoms with Crippen molar-refractivity contribution in [2.75, 3.05) is 32.7 Å². The van der Waals surface area contributed by atoms with Crippen LogP contribution in [-0.2, 0) is 0 Å². The van der Waals surface area contributed by atoms with E-state index in [0.717, 1.165) is 26.1 Å². The number of halogens is 2. The third-order valence-corrected chi connectivity index (χ3v) is 6.59. The van der Waals surface area contributed by atoms with Crippen LogP contribution in [0.25, 0.3) is 0 Å². The van der Waals surface area contributed by atoms with Crippen LogP contribution in [0.1, 0.15) is 35.2 Å². The number of amides is 1. The topological polar surface area (TPSA) is 23.6 Å². The first kappa shape index (κ1) is 19.4. The van der Waals surface area contributed by atoms with Crippen LogP contribution >= 0.6 is 11.6 Å². The number of fused-ring (bicyclic) bond motifs is 1. The molecule has 1 amide bonds. The molecule has 3 nitrogen and oxygen atoms in total. The van der Waals surface area contributed by atoms with Gasteiger partial charge in [-0.05, 0) is 48.4 Å². The summed E-state index contributed by atoms with van der Waals surface area (Å²) in [6, 6.07) is 15.0. The molecule has 2 aromatic carbocycles. The highest BCUT2D eigenvalue weighted by Gasteiger charge is 2.42. The number of carbonyl (C=O) groups is 1. The lowest BCUT2D eigenvalue weighted by Gasteiger charge is -2.23. The van der Waals surface area contributed by atoms with Gasteiger partial charge in [-0.3, -0.25) is 4.79 Å². The molecule has 28 heavy (non-hydrogen) atoms. The molecule has 2 fully saturated rings. The Labute approximate surface area is 171 Å². The zero-order valence-corrected chi connectivity index (χ0v) is 16.9. The smallest absolute Gasteiger partial charge is 0.258 e. The SMILES string of the molecule is CC(CCN1CC2CN(C(=O)c3c(F)cccc3Cl)CC2C1)c1ccccc1. The maximum atomic E-state index is 14.1. The highest BCUT2D eigenvalue weighted by atomic mass is 35.5. The van der Waals surface area contributed by atoms with Crippen molar-refractivity contribution in [3.8, 4) is 0 Å². The minimum absolute atomic E-state index is 0.0117. The first-order chi connectivity index (χ1) is 13.5. The summed E-state index contributed by atoms with van der Waals surface area (Å²) < 4.78 is 14.1. The Morgan fingerprint density at radius 3 is 2.39 bits per heavy atom. The van der Waals surface area contributed by atoms with Crippen molar-refractivity contribution in [1.82, 2.24) is 9.80 Å². The molecule has 0 bridgehead atoms. The third-order valence-electron chi connectivity index (χ3n) is 6.27. The summed E-state index contributed by atoms with van der Waals surface area (Å²) in [5, 5.41) is 0.193. The molecule has 0 aromatic heterocycles. The van der Waals surface area contributed by atoms with Crippen molar-refractivity contribution in [3.63, 3.8) is 0 Å². The van der Waals surface area contributed by atoms with Gasteiger partial charge in [0.25, 0.3) is 5.91 Å². The number of carbonyl (C=O) groups excluding carboxylic acids is 1. The van der Waals surface area contributed by atoms with Gasteiger partial charge in [0.15, 0.2) is 0 Å². The fourth-order valence-corrected chi connectivity index (χ4v) is 4.87. The first-order valence-electron chi connectivity index (χ1n) is 10.0. The van der Waals surface area contributed by atoms with Gasteiger partial charge in [-0.15, -0.1) is 0 Å². The summed E-state index contributed by atoms with van der Waals surface area (Å²) in [4.78, 5) is 17.1. The molecule has 0 aliphatic carbocycles. The Balaban J connectivity index is 1.31. The molecule has 0 radical (unpaired) electrons. The summed E-state index contributed by atoms with van der Waals surface area (Å²) in [5.41, 5.74) is 1.40. The Kier molecular flexibility index (Phi) is 5.70. The zero-order chi connectivity index (χ0) is 19.7. The summed E-state index contributed by atoms with van der Waals surface area (Å²) >= 11 is 6.07. The number of rotatable bonds is 5. The monoisotopic (exact) mass is 400 g/mol. The van der Waals surface area contributed by atoms with Crippen LogP contribution in [0.5, 0.6) is 0 Å². The molecule has 2 aromatic rings. The van der Waals surface area contributed by atoms with Crippen LogP contribution in [0, 0.1) is 17.7 Å². The van der Waals surface area contributed by atoms with E-state index in [2.05, 4.69) is 42.2 Å². The van der Waals surface area contributed by atoms with Crippen molar-refractivity contribution in [3.05, 3.63) is 70.5 Å². The van der Waals surface area contributed by atoms with Gasteiger partial charge >= 0.3 is 0 Å². The molecule has 3 atom stereocenters. The molecule has 0 N–H and O–H groups in total. The molecule has 2 aliphatic heterocycles. The van der Waals surface area contributed by atoms with Crippen LogP contribution in [0.4, 0.5) is 4.39 Å². The second-order valence-electron chi connectivity index (χ2n) is 8.19. The van der Waals surface area contributed by atoms with Gasteiger partial charge in [0.1, 0.15) is 5.82 Å². The van der Waals surface area contributed by atoms with Gasteiger partial charge in [0.2, 0.25) is 0 Å². The minimum atomic E-state index is -0.536. The lowest BCUT2D eigenvalue weighted by atomic mass is 9.98. The standard InChI is InChI=1S/C23H26ClFN2O/c1-16(17-6-3-2-4-7-17)10-11-26-12-18-14-27(15-19(18)13-26)23(28)22-20(24)8-5-9-21(22)25/h2-9,16,18-19H,10-15H2,1H3. The number of benzene rings is 2. The molecule has 5 heteroatoms. The second-order valence-corrected chi connectivity index (χ2v) is 8.59. The van der Waals surface area contributed by atoms with Gasteiger partial charge in [0.05, 0.1) is 10.6 Å². The van der Waals surface area contributed by atoms with Crippen LogP contribution in [0.15, 0.2) is 48.5 Å². The fourth-order valence-electron chi connectivity index (χ4n) is 4.62. The molecule has 2 aliphatic rings. The lowest BCUT2D eigenvalue weighted by molar-refractivity contribution is 0.0769. The number of hydrogen-bond donors (Lipinski definition) is 0. The summed E-state index contributed by atoms with van der Waals surface area (Å²) in [5.74, 6) is 0.679. The van der Waals surface area contributed by atoms with Crippen molar-refractivity contribution < 1.29 is 9.18 Å². The maximum absolute atomic E-state index is 14.1. The maximum Gasteiger partial charge on any atom is 0.258 e. The second kappa shape index (κ2) is 8.22.